The Morgan fingerprint density at radius 1 is 1.62 bits per heavy atom. The van der Waals surface area contributed by atoms with Crippen molar-refractivity contribution >= 4 is 21.6 Å². The number of nitrogens with two attached hydrogens (primary N) is 1. The minimum absolute atomic E-state index is 0.143. The van der Waals surface area contributed by atoms with Gasteiger partial charge in [-0.2, -0.15) is 0 Å². The number of H-pyrrole nitrogens is 1. The molecule has 0 atom stereocenters. The van der Waals surface area contributed by atoms with E-state index in [1.165, 1.54) is 6.20 Å². The molecule has 1 heterocycles. The van der Waals surface area contributed by atoms with Crippen LogP contribution in [0.3, 0.4) is 0 Å². The van der Waals surface area contributed by atoms with E-state index in [4.69, 9.17) is 5.73 Å². The number of pyridine rings is 1. The lowest BCUT2D eigenvalue weighted by Crippen LogP contribution is -2.16. The third-order valence-electron chi connectivity index (χ3n) is 1.62. The molecule has 0 aliphatic heterocycles. The summed E-state index contributed by atoms with van der Waals surface area (Å²) in [7, 11) is 0. The molecule has 3 nitrogen and oxygen atoms in total. The van der Waals surface area contributed by atoms with Crippen LogP contribution in [0.4, 0.5) is 14.5 Å². The van der Waals surface area contributed by atoms with Crippen molar-refractivity contribution in [3.8, 4) is 0 Å². The molecule has 72 valence electrons. The van der Waals surface area contributed by atoms with E-state index in [0.717, 1.165) is 0 Å². The van der Waals surface area contributed by atoms with Crippen LogP contribution in [-0.4, -0.2) is 4.98 Å². The number of anilines is 1. The second-order valence-electron chi connectivity index (χ2n) is 2.40. The van der Waals surface area contributed by atoms with Gasteiger partial charge in [-0.25, -0.2) is 8.78 Å². The maximum atomic E-state index is 12.3. The van der Waals surface area contributed by atoms with Gasteiger partial charge in [0.1, 0.15) is 5.56 Å². The highest BCUT2D eigenvalue weighted by atomic mass is 79.9. The first-order valence-electron chi connectivity index (χ1n) is 3.42. The van der Waals surface area contributed by atoms with Gasteiger partial charge in [0, 0.05) is 17.1 Å². The molecule has 0 spiro atoms. The normalized spacial score (nSPS) is 10.8. The van der Waals surface area contributed by atoms with Gasteiger partial charge >= 0.3 is 0 Å². The van der Waals surface area contributed by atoms with Gasteiger partial charge in [0.2, 0.25) is 0 Å². The maximum absolute atomic E-state index is 12.3. The Morgan fingerprint density at radius 3 is 2.69 bits per heavy atom. The summed E-state index contributed by atoms with van der Waals surface area (Å²) in [5.74, 6) is 0. The van der Waals surface area contributed by atoms with E-state index in [9.17, 15) is 13.6 Å². The molecular formula is C7H7BrF2N2O. The van der Waals surface area contributed by atoms with E-state index in [1.807, 2.05) is 0 Å². The molecular weight excluding hydrogens is 246 g/mol. The van der Waals surface area contributed by atoms with Crippen molar-refractivity contribution in [2.45, 2.75) is 11.8 Å². The smallest absolute Gasteiger partial charge is 0.271 e. The van der Waals surface area contributed by atoms with Crippen molar-refractivity contribution in [1.82, 2.24) is 4.98 Å². The standard InChI is InChI=1S/C7H7BrF2N2O/c8-1-3-2-12-7(13)4(5(3)11)6(9)10/h2,6H,1H2,(H3,11,12,13). The van der Waals surface area contributed by atoms with Crippen LogP contribution < -0.4 is 11.3 Å². The maximum Gasteiger partial charge on any atom is 0.271 e. The van der Waals surface area contributed by atoms with Crippen molar-refractivity contribution in [2.75, 3.05) is 5.73 Å². The van der Waals surface area contributed by atoms with Crippen LogP contribution in [-0.2, 0) is 5.33 Å². The summed E-state index contributed by atoms with van der Waals surface area (Å²) < 4.78 is 24.6. The van der Waals surface area contributed by atoms with Gasteiger partial charge in [-0.15, -0.1) is 0 Å². The summed E-state index contributed by atoms with van der Waals surface area (Å²) in [6, 6.07) is 0. The zero-order chi connectivity index (χ0) is 10.0. The van der Waals surface area contributed by atoms with E-state index < -0.39 is 17.5 Å². The molecule has 3 N–H and O–H groups in total. The molecule has 0 fully saturated rings. The molecule has 0 unspecified atom stereocenters. The molecule has 13 heavy (non-hydrogen) atoms. The molecule has 6 heteroatoms. The number of aromatic nitrogens is 1. The molecule has 0 aliphatic carbocycles. The molecule has 0 saturated heterocycles. The van der Waals surface area contributed by atoms with Crippen LogP contribution in [0.25, 0.3) is 0 Å². The molecule has 0 amide bonds. The third-order valence-corrected chi connectivity index (χ3v) is 2.22. The molecule has 1 aromatic rings. The van der Waals surface area contributed by atoms with Gasteiger partial charge < -0.3 is 10.7 Å². The first kappa shape index (κ1) is 10.2. The van der Waals surface area contributed by atoms with Gasteiger partial charge in [0.15, 0.2) is 0 Å². The Kier molecular flexibility index (Phi) is 3.02. The fourth-order valence-electron chi connectivity index (χ4n) is 0.931. The highest BCUT2D eigenvalue weighted by Gasteiger charge is 2.17. The fraction of sp³-hybridized carbons (Fsp3) is 0.286. The van der Waals surface area contributed by atoms with Gasteiger partial charge in [-0.05, 0) is 0 Å². The molecule has 0 aromatic carbocycles. The highest BCUT2D eigenvalue weighted by Crippen LogP contribution is 2.24. The highest BCUT2D eigenvalue weighted by molar-refractivity contribution is 9.08. The minimum Gasteiger partial charge on any atom is -0.398 e. The topological polar surface area (TPSA) is 58.9 Å². The van der Waals surface area contributed by atoms with Crippen molar-refractivity contribution in [3.63, 3.8) is 0 Å². The summed E-state index contributed by atoms with van der Waals surface area (Å²) in [6.45, 7) is 0. The minimum atomic E-state index is -2.84. The summed E-state index contributed by atoms with van der Waals surface area (Å²) in [5.41, 5.74) is 4.18. The van der Waals surface area contributed by atoms with E-state index in [0.29, 0.717) is 10.9 Å². The van der Waals surface area contributed by atoms with Crippen molar-refractivity contribution < 1.29 is 8.78 Å². The van der Waals surface area contributed by atoms with Crippen molar-refractivity contribution in [1.29, 1.82) is 0 Å². The average Bonchev–Trinajstić information content (AvgIpc) is 2.04. The predicted molar refractivity (Wildman–Crippen MR) is 49.1 cm³/mol. The van der Waals surface area contributed by atoms with Crippen LogP contribution in [0.1, 0.15) is 17.6 Å². The molecule has 1 aromatic heterocycles. The molecule has 1 rings (SSSR count). The first-order chi connectivity index (χ1) is 6.07. The third kappa shape index (κ3) is 1.88. The monoisotopic (exact) mass is 252 g/mol. The van der Waals surface area contributed by atoms with Crippen LogP contribution >= 0.6 is 15.9 Å². The molecule has 0 radical (unpaired) electrons. The summed E-state index contributed by atoms with van der Waals surface area (Å²) >= 11 is 3.07. The number of aromatic amines is 1. The Hall–Kier alpha value is -0.910. The number of halogens is 3. The van der Waals surface area contributed by atoms with Crippen LogP contribution in [0.2, 0.25) is 0 Å². The number of nitrogen functional groups attached to an aromatic ring is 1. The number of nitrogens with one attached hydrogen (secondary N) is 1. The summed E-state index contributed by atoms with van der Waals surface area (Å²) in [4.78, 5) is 13.1. The van der Waals surface area contributed by atoms with Crippen molar-refractivity contribution in [2.24, 2.45) is 0 Å². The second-order valence-corrected chi connectivity index (χ2v) is 2.97. The number of hydrogen-bond acceptors (Lipinski definition) is 2. The lowest BCUT2D eigenvalue weighted by atomic mass is 10.1. The fourth-order valence-corrected chi connectivity index (χ4v) is 1.39. The van der Waals surface area contributed by atoms with Crippen LogP contribution in [0.5, 0.6) is 0 Å². The summed E-state index contributed by atoms with van der Waals surface area (Å²) in [6.07, 6.45) is -1.53. The molecule has 0 saturated carbocycles. The number of alkyl halides is 3. The van der Waals surface area contributed by atoms with Crippen LogP contribution in [0, 0.1) is 0 Å². The molecule has 0 bridgehead atoms. The Balaban J connectivity index is 3.39. The SMILES string of the molecule is Nc1c(CBr)c[nH]c(=O)c1C(F)F. The van der Waals surface area contributed by atoms with E-state index in [1.54, 1.807) is 0 Å². The predicted octanol–water partition coefficient (Wildman–Crippen LogP) is 1.79. The summed E-state index contributed by atoms with van der Waals surface area (Å²) in [5, 5.41) is 0.329. The number of hydrogen-bond donors (Lipinski definition) is 2. The van der Waals surface area contributed by atoms with E-state index in [-0.39, 0.29) is 5.69 Å². The van der Waals surface area contributed by atoms with E-state index in [2.05, 4.69) is 20.9 Å². The molecule has 0 aliphatic rings. The average molecular weight is 253 g/mol. The van der Waals surface area contributed by atoms with Gasteiger partial charge in [-0.3, -0.25) is 4.79 Å². The Labute approximate surface area is 81.1 Å². The lowest BCUT2D eigenvalue weighted by Gasteiger charge is -2.06. The largest absolute Gasteiger partial charge is 0.398 e. The zero-order valence-corrected chi connectivity index (χ0v) is 8.07. The van der Waals surface area contributed by atoms with E-state index >= 15 is 0 Å². The van der Waals surface area contributed by atoms with Gasteiger partial charge in [-0.1, -0.05) is 15.9 Å². The zero-order valence-electron chi connectivity index (χ0n) is 6.48. The number of rotatable bonds is 2. The van der Waals surface area contributed by atoms with Crippen LogP contribution in [0.15, 0.2) is 11.0 Å². The van der Waals surface area contributed by atoms with Gasteiger partial charge in [0.25, 0.3) is 12.0 Å². The first-order valence-corrected chi connectivity index (χ1v) is 4.54. The lowest BCUT2D eigenvalue weighted by molar-refractivity contribution is 0.150. The quantitative estimate of drug-likeness (QED) is 0.789. The Bertz CT molecular complexity index is 364. The Morgan fingerprint density at radius 2 is 2.23 bits per heavy atom. The van der Waals surface area contributed by atoms with Gasteiger partial charge in [0.05, 0.1) is 5.69 Å². The van der Waals surface area contributed by atoms with Crippen molar-refractivity contribution in [3.05, 3.63) is 27.7 Å². The second kappa shape index (κ2) is 3.87.